The molecule has 0 aliphatic rings. The van der Waals surface area contributed by atoms with Gasteiger partial charge in [0.1, 0.15) is 0 Å². The summed E-state index contributed by atoms with van der Waals surface area (Å²) in [4.78, 5) is 0. The monoisotopic (exact) mass is 652 g/mol. The van der Waals surface area contributed by atoms with Gasteiger partial charge in [0.2, 0.25) is 0 Å². The normalized spacial score (nSPS) is 11.1. The number of hydrogen-bond donors (Lipinski definition) is 0. The lowest BCUT2D eigenvalue weighted by Crippen LogP contribution is -2.74. The highest BCUT2D eigenvalue weighted by atomic mass is 28.3. The number of fused-ring (bicyclic) bond motifs is 3. The SMILES string of the molecule is N#Cc1ccc(-c2ccc([Si](c3ccccc3)(c3ccccc3)c3ccccc3)cc2C#N)c(-n2c3ccccc3c3cc(C#N)ccc32)c1. The quantitative estimate of drug-likeness (QED) is 0.138. The van der Waals surface area contributed by atoms with E-state index in [2.05, 4.69) is 126 Å². The largest absolute Gasteiger partial charge is 0.309 e. The Bertz CT molecular complexity index is 2580. The molecule has 232 valence electrons. The Balaban J connectivity index is 1.42. The highest BCUT2D eigenvalue weighted by molar-refractivity contribution is 7.19. The lowest BCUT2D eigenvalue weighted by Gasteiger charge is -2.34. The molecule has 0 aliphatic carbocycles. The summed E-state index contributed by atoms with van der Waals surface area (Å²) < 4.78 is 2.15. The van der Waals surface area contributed by atoms with Gasteiger partial charge < -0.3 is 4.57 Å². The van der Waals surface area contributed by atoms with Gasteiger partial charge in [-0.05, 0) is 63.2 Å². The predicted octanol–water partition coefficient (Wildman–Crippen LogP) is 7.44. The summed E-state index contributed by atoms with van der Waals surface area (Å²) >= 11 is 0. The summed E-state index contributed by atoms with van der Waals surface area (Å²) in [7, 11) is -2.86. The lowest BCUT2D eigenvalue weighted by atomic mass is 9.97. The van der Waals surface area contributed by atoms with Crippen LogP contribution < -0.4 is 20.7 Å². The number of rotatable bonds is 6. The molecule has 0 N–H and O–H groups in total. The minimum absolute atomic E-state index is 0.516. The standard InChI is InChI=1S/C45H28N4Si/c46-29-32-21-25-44-42(26-32)40-18-10-11-19-43(40)49(44)45-27-33(30-47)20-23-41(45)39-24-22-38(28-34(39)31-48)50(35-12-4-1-5-13-35,36-14-6-2-7-15-36)37-16-8-3-9-17-37/h1-28H. The van der Waals surface area contributed by atoms with Gasteiger partial charge in [0.05, 0.1) is 51.6 Å². The number of nitrogens with zero attached hydrogens (tertiary/aromatic N) is 4. The van der Waals surface area contributed by atoms with Crippen molar-refractivity contribution < 1.29 is 0 Å². The number of benzene rings is 7. The van der Waals surface area contributed by atoms with E-state index in [1.807, 2.05) is 66.7 Å². The second-order valence-electron chi connectivity index (χ2n) is 12.3. The molecule has 1 heterocycles. The number of para-hydroxylation sites is 1. The van der Waals surface area contributed by atoms with E-state index < -0.39 is 8.07 Å². The molecule has 50 heavy (non-hydrogen) atoms. The Labute approximate surface area is 291 Å². The first-order valence-corrected chi connectivity index (χ1v) is 18.4. The Morgan fingerprint density at radius 3 is 1.52 bits per heavy atom. The van der Waals surface area contributed by atoms with Crippen molar-refractivity contribution in [2.24, 2.45) is 0 Å². The fraction of sp³-hybridized carbons (Fsp3) is 0. The highest BCUT2D eigenvalue weighted by Crippen LogP contribution is 2.38. The molecule has 0 aliphatic heterocycles. The lowest BCUT2D eigenvalue weighted by molar-refractivity contribution is 1.18. The zero-order valence-electron chi connectivity index (χ0n) is 27.0. The van der Waals surface area contributed by atoms with Crippen molar-refractivity contribution in [2.45, 2.75) is 0 Å². The van der Waals surface area contributed by atoms with Gasteiger partial charge in [-0.3, -0.25) is 0 Å². The fourth-order valence-electron chi connectivity index (χ4n) is 7.49. The van der Waals surface area contributed by atoms with E-state index in [1.165, 1.54) is 15.6 Å². The Kier molecular flexibility index (Phi) is 7.63. The van der Waals surface area contributed by atoms with Gasteiger partial charge in [0, 0.05) is 21.9 Å². The van der Waals surface area contributed by atoms with Crippen molar-refractivity contribution in [1.82, 2.24) is 4.57 Å². The Morgan fingerprint density at radius 1 is 0.400 bits per heavy atom. The smallest absolute Gasteiger partial charge is 0.179 e. The van der Waals surface area contributed by atoms with Crippen molar-refractivity contribution >= 4 is 50.6 Å². The van der Waals surface area contributed by atoms with Gasteiger partial charge in [-0.15, -0.1) is 0 Å². The maximum absolute atomic E-state index is 10.9. The molecule has 1 aromatic heterocycles. The van der Waals surface area contributed by atoms with Crippen molar-refractivity contribution in [3.05, 3.63) is 187 Å². The molecule has 0 saturated heterocycles. The maximum atomic E-state index is 10.9. The van der Waals surface area contributed by atoms with E-state index in [-0.39, 0.29) is 0 Å². The van der Waals surface area contributed by atoms with Crippen LogP contribution in [0.4, 0.5) is 0 Å². The predicted molar refractivity (Wildman–Crippen MR) is 204 cm³/mol. The van der Waals surface area contributed by atoms with E-state index in [9.17, 15) is 15.8 Å². The van der Waals surface area contributed by atoms with E-state index in [4.69, 9.17) is 0 Å². The molecule has 0 spiro atoms. The van der Waals surface area contributed by atoms with Crippen LogP contribution in [0.15, 0.2) is 170 Å². The van der Waals surface area contributed by atoms with E-state index in [0.717, 1.165) is 43.8 Å². The van der Waals surface area contributed by atoms with Gasteiger partial charge in [0.25, 0.3) is 0 Å². The molecule has 0 unspecified atom stereocenters. The molecule has 7 aromatic carbocycles. The molecule has 0 fully saturated rings. The van der Waals surface area contributed by atoms with Crippen LogP contribution in [0.5, 0.6) is 0 Å². The van der Waals surface area contributed by atoms with Crippen molar-refractivity contribution in [3.63, 3.8) is 0 Å². The molecular formula is C45H28N4Si. The first-order valence-electron chi connectivity index (χ1n) is 16.4. The molecule has 8 aromatic rings. The third kappa shape index (κ3) is 4.80. The zero-order valence-corrected chi connectivity index (χ0v) is 28.0. The fourth-order valence-corrected chi connectivity index (χ4v) is 12.3. The topological polar surface area (TPSA) is 76.3 Å². The molecule has 0 saturated carbocycles. The molecule has 0 bridgehead atoms. The summed E-state index contributed by atoms with van der Waals surface area (Å²) in [6, 6.07) is 64.9. The molecule has 5 heteroatoms. The summed E-state index contributed by atoms with van der Waals surface area (Å²) in [5, 5.41) is 37.4. The molecule has 0 atom stereocenters. The third-order valence-electron chi connectivity index (χ3n) is 9.65. The molecular weight excluding hydrogens is 625 g/mol. The van der Waals surface area contributed by atoms with Crippen LogP contribution in [0.2, 0.25) is 0 Å². The first-order chi connectivity index (χ1) is 24.7. The van der Waals surface area contributed by atoms with Crippen LogP contribution in [-0.2, 0) is 0 Å². The van der Waals surface area contributed by atoms with E-state index in [1.54, 1.807) is 0 Å². The van der Waals surface area contributed by atoms with Crippen molar-refractivity contribution in [3.8, 4) is 35.0 Å². The van der Waals surface area contributed by atoms with E-state index >= 15 is 0 Å². The second kappa shape index (κ2) is 12.6. The Hall–Kier alpha value is -6.97. The van der Waals surface area contributed by atoms with Crippen molar-refractivity contribution in [2.75, 3.05) is 0 Å². The van der Waals surface area contributed by atoms with Gasteiger partial charge >= 0.3 is 0 Å². The maximum Gasteiger partial charge on any atom is 0.179 e. The molecule has 8 rings (SSSR count). The van der Waals surface area contributed by atoms with Crippen molar-refractivity contribution in [1.29, 1.82) is 15.8 Å². The molecule has 4 nitrogen and oxygen atoms in total. The number of hydrogen-bond acceptors (Lipinski definition) is 3. The summed E-state index contributed by atoms with van der Waals surface area (Å²) in [6.07, 6.45) is 0. The van der Waals surface area contributed by atoms with Gasteiger partial charge in [-0.2, -0.15) is 15.8 Å². The van der Waals surface area contributed by atoms with E-state index in [0.29, 0.717) is 16.7 Å². The molecule has 0 radical (unpaired) electrons. The highest BCUT2D eigenvalue weighted by Gasteiger charge is 2.41. The minimum atomic E-state index is -2.86. The first kappa shape index (κ1) is 30.4. The Morgan fingerprint density at radius 2 is 0.920 bits per heavy atom. The summed E-state index contributed by atoms with van der Waals surface area (Å²) in [5.74, 6) is 0. The minimum Gasteiger partial charge on any atom is -0.309 e. The van der Waals surface area contributed by atoms with Gasteiger partial charge in [0.15, 0.2) is 8.07 Å². The van der Waals surface area contributed by atoms with Crippen LogP contribution >= 0.6 is 0 Å². The van der Waals surface area contributed by atoms with Gasteiger partial charge in [-0.25, -0.2) is 0 Å². The van der Waals surface area contributed by atoms with Crippen LogP contribution in [0.3, 0.4) is 0 Å². The third-order valence-corrected chi connectivity index (χ3v) is 14.4. The van der Waals surface area contributed by atoms with Gasteiger partial charge in [-0.1, -0.05) is 127 Å². The average Bonchev–Trinajstić information content (AvgIpc) is 3.52. The second-order valence-corrected chi connectivity index (χ2v) is 16.1. The van der Waals surface area contributed by atoms with Crippen LogP contribution in [0.1, 0.15) is 16.7 Å². The average molecular weight is 653 g/mol. The number of aromatic nitrogens is 1. The van der Waals surface area contributed by atoms with Crippen LogP contribution in [-0.4, -0.2) is 12.6 Å². The number of nitriles is 3. The van der Waals surface area contributed by atoms with Crippen LogP contribution in [0.25, 0.3) is 38.6 Å². The van der Waals surface area contributed by atoms with Crippen LogP contribution in [0, 0.1) is 34.0 Å². The summed E-state index contributed by atoms with van der Waals surface area (Å²) in [6.45, 7) is 0. The zero-order chi connectivity index (χ0) is 34.1. The summed E-state index contributed by atoms with van der Waals surface area (Å²) in [5.41, 5.74) is 5.94. The molecule has 0 amide bonds.